The monoisotopic (exact) mass is 1470 g/mol. The van der Waals surface area contributed by atoms with Gasteiger partial charge in [0.15, 0.2) is 0 Å². The van der Waals surface area contributed by atoms with Crippen molar-refractivity contribution in [3.63, 3.8) is 0 Å². The summed E-state index contributed by atoms with van der Waals surface area (Å²) in [4.78, 5) is 46.5. The number of methoxy groups -OCH3 is 3. The number of amides is 1. The normalized spacial score (nSPS) is 21.8. The molecule has 3 aliphatic heterocycles. The van der Waals surface area contributed by atoms with E-state index in [4.69, 9.17) is 34.2 Å². The Bertz CT molecular complexity index is 4340. The lowest BCUT2D eigenvalue weighted by molar-refractivity contribution is -0.131. The summed E-state index contributed by atoms with van der Waals surface area (Å²) in [6.45, 7) is 18.3. The predicted molar refractivity (Wildman–Crippen MR) is 417 cm³/mol. The Morgan fingerprint density at radius 3 is 1.25 bits per heavy atom. The molecule has 7 N–H and O–H groups in total. The number of aliphatic hydroxyl groups is 3. The highest BCUT2D eigenvalue weighted by molar-refractivity contribution is 5.85. The number of hydrogen-bond acceptors (Lipinski definition) is 23. The van der Waals surface area contributed by atoms with E-state index < -0.39 is 0 Å². The minimum Gasteiger partial charge on any atom is -0.393 e. The summed E-state index contributed by atoms with van der Waals surface area (Å²) in [5.41, 5.74) is 14.3. The molecule has 0 spiro atoms. The number of aliphatic hydroxyl groups excluding tert-OH is 3. The number of nitrogens with zero attached hydrogens (tertiary/aromatic N) is 15. The molecule has 107 heavy (non-hydrogen) atoms. The lowest BCUT2D eigenvalue weighted by Crippen LogP contribution is -2.48. The molecule has 27 heteroatoms. The standard InChI is InChI=1S/C28H39N7O3.C27H37N5O3.C25H35N7O2/c1-4-27(37)34-13-11-33(12-14-34)26-15-21(9-10-29-26)23-16-24(20-5-7-22(36)8-6-20)35-25(23)17-30-28(32-35)31-19(2)18-38-3;1-18(17-34-2)30-27-29-16-26-24(15-25(32(26)31-27)20-3-5-23(33)6-4-20)21-7-10-28-22(14-21)13-19-8-11-35-12-9-19;1-17(16-34-2)29-25-28-15-23-21(14-22(32(23)30-25)18-3-5-20(33)6-4-18)19-7-8-27-24(13-19)31-11-9-26-10-12-31/h9-10,15-17,19-20,22,36H,4-8,11-14,18H2,1-3H3,(H,31,32);7,10,14-16,18-20,23,33H,3-6,8-9,11-13,17H2,1-2H3,(H,30,31);7-8,13-15,17-18,20,26,33H,3-6,9-12,16H2,1-2H3,(H,29,30)/t19-,20?,22?;18-,20?,23?;17-,18?,20?/m000/s1. The third kappa shape index (κ3) is 19.1. The molecule has 12 heterocycles. The fourth-order valence-electron chi connectivity index (χ4n) is 16.3. The van der Waals surface area contributed by atoms with Gasteiger partial charge in [0.2, 0.25) is 23.8 Å². The first kappa shape index (κ1) is 76.6. The van der Waals surface area contributed by atoms with E-state index in [2.05, 4.69) is 132 Å². The molecule has 6 aliphatic rings. The number of carbonyl (C=O) groups excluding carboxylic acids is 1. The molecule has 574 valence electrons. The van der Waals surface area contributed by atoms with Crippen LogP contribution < -0.4 is 31.1 Å². The summed E-state index contributed by atoms with van der Waals surface area (Å²) in [5.74, 6) is 5.56. The molecular formula is C80H111N19O8. The van der Waals surface area contributed by atoms with Gasteiger partial charge in [-0.2, -0.15) is 0 Å². The molecule has 3 saturated heterocycles. The average molecular weight is 1470 g/mol. The molecule has 9 aromatic heterocycles. The summed E-state index contributed by atoms with van der Waals surface area (Å²) in [6, 6.07) is 19.8. The Kier molecular flexibility index (Phi) is 26.2. The van der Waals surface area contributed by atoms with Crippen molar-refractivity contribution >= 4 is 51.9 Å². The largest absolute Gasteiger partial charge is 0.393 e. The lowest BCUT2D eigenvalue weighted by atomic mass is 9.85. The van der Waals surface area contributed by atoms with Crippen LogP contribution in [0.4, 0.5) is 29.5 Å². The van der Waals surface area contributed by atoms with Gasteiger partial charge in [-0.25, -0.2) is 38.5 Å². The van der Waals surface area contributed by atoms with Crippen LogP contribution in [0.5, 0.6) is 0 Å². The van der Waals surface area contributed by atoms with Crippen molar-refractivity contribution < 1.29 is 39.1 Å². The maximum atomic E-state index is 12.1. The second-order valence-electron chi connectivity index (χ2n) is 30.2. The van der Waals surface area contributed by atoms with Crippen LogP contribution in [0, 0.1) is 5.92 Å². The van der Waals surface area contributed by atoms with E-state index in [0.29, 0.717) is 67.8 Å². The van der Waals surface area contributed by atoms with Crippen molar-refractivity contribution in [3.8, 4) is 33.4 Å². The molecule has 0 radical (unpaired) electrons. The van der Waals surface area contributed by atoms with E-state index in [1.54, 1.807) is 21.3 Å². The summed E-state index contributed by atoms with van der Waals surface area (Å²) >= 11 is 0. The SMILES string of the molecule is CCC(=O)N1CCN(c2cc(-c3cc(C4CCC(O)CC4)n4nc(N[C@@H](C)COC)ncc34)ccn2)CC1.COC[C@H](C)Nc1ncc2c(-c3ccnc(CC4CCOCC4)c3)cc(C3CCC(O)CC3)n2n1.COC[C@H](C)Nc1ncc2c(-c3ccnc(N4CCNCC4)c3)cc(C3CCC(O)CC3)n2n1. The minimum atomic E-state index is -0.213. The fourth-order valence-corrected chi connectivity index (χ4v) is 16.3. The van der Waals surface area contributed by atoms with Crippen molar-refractivity contribution in [1.82, 2.24) is 69.0 Å². The van der Waals surface area contributed by atoms with E-state index in [9.17, 15) is 20.1 Å². The molecule has 0 bridgehead atoms. The number of rotatable bonds is 23. The molecule has 3 saturated carbocycles. The number of nitrogens with one attached hydrogen (secondary N) is 4. The molecule has 3 aliphatic carbocycles. The van der Waals surface area contributed by atoms with E-state index >= 15 is 0 Å². The summed E-state index contributed by atoms with van der Waals surface area (Å²) < 4.78 is 27.4. The predicted octanol–water partition coefficient (Wildman–Crippen LogP) is 10.2. The number of pyridine rings is 3. The van der Waals surface area contributed by atoms with Crippen molar-refractivity contribution in [2.75, 3.05) is 132 Å². The van der Waals surface area contributed by atoms with Crippen LogP contribution in [0.25, 0.3) is 49.9 Å². The summed E-state index contributed by atoms with van der Waals surface area (Å²) in [6.07, 6.45) is 25.2. The van der Waals surface area contributed by atoms with Crippen LogP contribution in [-0.4, -0.2) is 228 Å². The fraction of sp³-hybridized carbons (Fsp3) is 0.575. The van der Waals surface area contributed by atoms with Gasteiger partial charge in [-0.15, -0.1) is 15.3 Å². The summed E-state index contributed by atoms with van der Waals surface area (Å²) in [5, 5.41) is 58.3. The maximum Gasteiger partial charge on any atom is 0.241 e. The molecule has 15 rings (SSSR count). The first-order valence-corrected chi connectivity index (χ1v) is 39.1. The number of carbonyl (C=O) groups is 1. The highest BCUT2D eigenvalue weighted by Gasteiger charge is 2.31. The van der Waals surface area contributed by atoms with Crippen molar-refractivity contribution in [1.29, 1.82) is 0 Å². The minimum absolute atomic E-state index is 0.0802. The zero-order valence-electron chi connectivity index (χ0n) is 63.5. The third-order valence-corrected chi connectivity index (χ3v) is 22.1. The van der Waals surface area contributed by atoms with Gasteiger partial charge in [-0.3, -0.25) is 9.78 Å². The molecule has 1 amide bonds. The third-order valence-electron chi connectivity index (χ3n) is 22.1. The van der Waals surface area contributed by atoms with Gasteiger partial charge in [-0.05, 0) is 194 Å². The van der Waals surface area contributed by atoms with Crippen LogP contribution in [-0.2, 0) is 30.2 Å². The second kappa shape index (κ2) is 36.6. The van der Waals surface area contributed by atoms with Crippen molar-refractivity contribution in [2.45, 2.75) is 185 Å². The van der Waals surface area contributed by atoms with Crippen molar-refractivity contribution in [2.24, 2.45) is 5.92 Å². The number of ether oxygens (including phenoxy) is 4. The molecule has 6 fully saturated rings. The smallest absolute Gasteiger partial charge is 0.241 e. The Morgan fingerprint density at radius 2 is 0.869 bits per heavy atom. The number of fused-ring (bicyclic) bond motifs is 3. The van der Waals surface area contributed by atoms with Gasteiger partial charge >= 0.3 is 0 Å². The van der Waals surface area contributed by atoms with Crippen LogP contribution in [0.1, 0.15) is 165 Å². The molecule has 0 unspecified atom stereocenters. The maximum absolute atomic E-state index is 12.1. The Balaban J connectivity index is 0.000000142. The van der Waals surface area contributed by atoms with E-state index in [1.165, 1.54) is 11.4 Å². The quantitative estimate of drug-likeness (QED) is 0.0313. The number of anilines is 5. The zero-order chi connectivity index (χ0) is 74.3. The molecule has 27 nitrogen and oxygen atoms in total. The Hall–Kier alpha value is -8.54. The molecule has 0 aromatic carbocycles. The van der Waals surface area contributed by atoms with Gasteiger partial charge in [0.1, 0.15) is 11.6 Å². The average Bonchev–Trinajstić information content (AvgIpc) is 1.63. The molecular weight excluding hydrogens is 1360 g/mol. The highest BCUT2D eigenvalue weighted by Crippen LogP contribution is 2.42. The number of piperazine rings is 2. The zero-order valence-corrected chi connectivity index (χ0v) is 63.5. The summed E-state index contributed by atoms with van der Waals surface area (Å²) in [7, 11) is 5.07. The first-order valence-electron chi connectivity index (χ1n) is 39.1. The van der Waals surface area contributed by atoms with Crippen molar-refractivity contribution in [3.05, 3.63) is 115 Å². The first-order chi connectivity index (χ1) is 52.2. The van der Waals surface area contributed by atoms with E-state index in [-0.39, 0.29) is 42.3 Å². The van der Waals surface area contributed by atoms with E-state index in [0.717, 1.165) is 235 Å². The van der Waals surface area contributed by atoms with Gasteiger partial charge in [-0.1, -0.05) is 6.92 Å². The molecule has 9 aromatic rings. The second-order valence-corrected chi connectivity index (χ2v) is 30.2. The van der Waals surface area contributed by atoms with Gasteiger partial charge in [0, 0.05) is 187 Å². The number of aromatic nitrogens is 12. The Labute approximate surface area is 628 Å². The van der Waals surface area contributed by atoms with Gasteiger partial charge in [0.05, 0.1) is 73.3 Å². The number of hydrogen-bond donors (Lipinski definition) is 7. The van der Waals surface area contributed by atoms with Crippen LogP contribution in [0.2, 0.25) is 0 Å². The molecule has 3 atom stereocenters. The van der Waals surface area contributed by atoms with Gasteiger partial charge < -0.3 is 70.2 Å². The van der Waals surface area contributed by atoms with Crippen LogP contribution >= 0.6 is 0 Å². The highest BCUT2D eigenvalue weighted by atomic mass is 16.5. The van der Waals surface area contributed by atoms with E-state index in [1.807, 2.05) is 66.5 Å². The van der Waals surface area contributed by atoms with Crippen LogP contribution in [0.15, 0.2) is 91.8 Å². The Morgan fingerprint density at radius 1 is 0.495 bits per heavy atom. The van der Waals surface area contributed by atoms with Crippen LogP contribution in [0.3, 0.4) is 0 Å². The topological polar surface area (TPSA) is 302 Å². The van der Waals surface area contributed by atoms with Gasteiger partial charge in [0.25, 0.3) is 0 Å². The lowest BCUT2D eigenvalue weighted by Gasteiger charge is -2.35.